The Balaban J connectivity index is 1.99. The van der Waals surface area contributed by atoms with Crippen molar-refractivity contribution in [3.63, 3.8) is 0 Å². The highest BCUT2D eigenvalue weighted by Gasteiger charge is 2.20. The number of hydrogen-bond donors (Lipinski definition) is 2. The molecule has 0 saturated carbocycles. The average Bonchev–Trinajstić information content (AvgIpc) is 2.72. The fourth-order valence-electron chi connectivity index (χ4n) is 2.92. The number of carbonyl (C=O) groups excluding carboxylic acids is 1. The van der Waals surface area contributed by atoms with Crippen LogP contribution in [0.5, 0.6) is 0 Å². The van der Waals surface area contributed by atoms with Crippen LogP contribution >= 0.6 is 11.6 Å². The maximum atomic E-state index is 12.8. The van der Waals surface area contributed by atoms with Crippen LogP contribution in [0.2, 0.25) is 5.02 Å². The molecule has 2 N–H and O–H groups in total. The highest BCUT2D eigenvalue weighted by molar-refractivity contribution is 7.90. The molecule has 1 unspecified atom stereocenters. The third-order valence-corrected chi connectivity index (χ3v) is 5.85. The molecule has 0 bridgehead atoms. The Morgan fingerprint density at radius 1 is 0.900 bits per heavy atom. The Hall–Kier alpha value is -3.16. The van der Waals surface area contributed by atoms with Gasteiger partial charge >= 0.3 is 5.97 Å². The number of hydrogen-bond acceptors (Lipinski definition) is 4. The third-order valence-electron chi connectivity index (χ3n) is 4.49. The molecule has 3 rings (SSSR count). The molecule has 1 atom stereocenters. The van der Waals surface area contributed by atoms with Crippen LogP contribution in [0.4, 0.5) is 0 Å². The van der Waals surface area contributed by atoms with Crippen LogP contribution in [0.3, 0.4) is 0 Å². The quantitative estimate of drug-likeness (QED) is 0.600. The zero-order valence-corrected chi connectivity index (χ0v) is 17.4. The molecule has 0 saturated heterocycles. The Morgan fingerprint density at radius 2 is 1.50 bits per heavy atom. The SMILES string of the molecule is CS(=O)(=O)c1cccc(C(NC(=O)c2ccc(C(=O)O)cc2)c2ccc(Cl)cc2)c1. The monoisotopic (exact) mass is 443 g/mol. The second kappa shape index (κ2) is 8.69. The van der Waals surface area contributed by atoms with E-state index < -0.39 is 27.8 Å². The normalized spacial score (nSPS) is 12.2. The number of benzene rings is 3. The maximum Gasteiger partial charge on any atom is 0.335 e. The van der Waals surface area contributed by atoms with Crippen LogP contribution in [0, 0.1) is 0 Å². The van der Waals surface area contributed by atoms with Gasteiger partial charge in [0, 0.05) is 16.8 Å². The van der Waals surface area contributed by atoms with Gasteiger partial charge in [-0.25, -0.2) is 13.2 Å². The van der Waals surface area contributed by atoms with Gasteiger partial charge in [-0.3, -0.25) is 4.79 Å². The summed E-state index contributed by atoms with van der Waals surface area (Å²) in [5.74, 6) is -1.52. The smallest absolute Gasteiger partial charge is 0.335 e. The van der Waals surface area contributed by atoms with Crippen LogP contribution in [0.15, 0.2) is 77.7 Å². The first-order chi connectivity index (χ1) is 14.1. The van der Waals surface area contributed by atoms with Crippen LogP contribution < -0.4 is 5.32 Å². The zero-order valence-electron chi connectivity index (χ0n) is 15.9. The Labute approximate surface area is 179 Å². The Bertz CT molecular complexity index is 1190. The third kappa shape index (κ3) is 5.06. The number of carboxylic acids is 1. The van der Waals surface area contributed by atoms with Crippen molar-refractivity contribution in [3.8, 4) is 0 Å². The summed E-state index contributed by atoms with van der Waals surface area (Å²) in [6.07, 6.45) is 1.12. The molecule has 0 radical (unpaired) electrons. The number of sulfone groups is 1. The molecule has 0 aromatic heterocycles. The van der Waals surface area contributed by atoms with E-state index in [1.165, 1.54) is 36.4 Å². The fraction of sp³-hybridized carbons (Fsp3) is 0.0909. The average molecular weight is 444 g/mol. The minimum Gasteiger partial charge on any atom is -0.478 e. The van der Waals surface area contributed by atoms with Gasteiger partial charge in [0.05, 0.1) is 16.5 Å². The van der Waals surface area contributed by atoms with Gasteiger partial charge < -0.3 is 10.4 Å². The van der Waals surface area contributed by atoms with Gasteiger partial charge in [-0.05, 0) is 59.7 Å². The first-order valence-corrected chi connectivity index (χ1v) is 11.1. The van der Waals surface area contributed by atoms with E-state index in [1.807, 2.05) is 0 Å². The summed E-state index contributed by atoms with van der Waals surface area (Å²) in [6, 6.07) is 18.1. The van der Waals surface area contributed by atoms with Crippen molar-refractivity contribution in [2.24, 2.45) is 0 Å². The number of amides is 1. The number of nitrogens with one attached hydrogen (secondary N) is 1. The van der Waals surface area contributed by atoms with Crippen molar-refractivity contribution in [1.29, 1.82) is 0 Å². The zero-order chi connectivity index (χ0) is 21.9. The molecule has 1 amide bonds. The predicted octanol–water partition coefficient (Wildman–Crippen LogP) is 3.96. The summed E-state index contributed by atoms with van der Waals surface area (Å²) in [5.41, 5.74) is 1.64. The van der Waals surface area contributed by atoms with Gasteiger partial charge in [-0.1, -0.05) is 35.9 Å². The largest absolute Gasteiger partial charge is 0.478 e. The molecule has 0 heterocycles. The molecule has 8 heteroatoms. The maximum absolute atomic E-state index is 12.8. The summed E-state index contributed by atoms with van der Waals surface area (Å²) < 4.78 is 23.9. The van der Waals surface area contributed by atoms with Crippen molar-refractivity contribution >= 4 is 33.3 Å². The lowest BCUT2D eigenvalue weighted by Crippen LogP contribution is -2.29. The van der Waals surface area contributed by atoms with E-state index in [1.54, 1.807) is 36.4 Å². The fourth-order valence-corrected chi connectivity index (χ4v) is 3.72. The van der Waals surface area contributed by atoms with Crippen LogP contribution in [0.1, 0.15) is 37.9 Å². The molecule has 0 spiro atoms. The van der Waals surface area contributed by atoms with Crippen molar-refractivity contribution in [3.05, 3.63) is 100 Å². The van der Waals surface area contributed by atoms with Gasteiger partial charge in [-0.15, -0.1) is 0 Å². The minimum absolute atomic E-state index is 0.0710. The Kier molecular flexibility index (Phi) is 6.24. The molecule has 0 aliphatic heterocycles. The van der Waals surface area contributed by atoms with Gasteiger partial charge in [0.25, 0.3) is 5.91 Å². The van der Waals surface area contributed by atoms with Crippen LogP contribution in [-0.4, -0.2) is 31.7 Å². The molecule has 0 fully saturated rings. The number of rotatable bonds is 6. The van der Waals surface area contributed by atoms with E-state index in [4.69, 9.17) is 16.7 Å². The van der Waals surface area contributed by atoms with Crippen molar-refractivity contribution in [2.45, 2.75) is 10.9 Å². The highest BCUT2D eigenvalue weighted by Crippen LogP contribution is 2.26. The molecule has 3 aromatic carbocycles. The standard InChI is InChI=1S/C22H18ClNO5S/c1-30(28,29)19-4-2-3-17(13-19)20(14-9-11-18(23)12-10-14)24-21(25)15-5-7-16(8-6-15)22(26)27/h2-13,20H,1H3,(H,24,25)(H,26,27). The predicted molar refractivity (Wildman–Crippen MR) is 114 cm³/mol. The van der Waals surface area contributed by atoms with E-state index in [0.29, 0.717) is 16.1 Å². The lowest BCUT2D eigenvalue weighted by atomic mass is 9.98. The number of halogens is 1. The van der Waals surface area contributed by atoms with E-state index in [9.17, 15) is 18.0 Å². The minimum atomic E-state index is -3.43. The van der Waals surface area contributed by atoms with Crippen molar-refractivity contribution in [1.82, 2.24) is 5.32 Å². The number of carboxylic acid groups (broad SMARTS) is 1. The van der Waals surface area contributed by atoms with Crippen molar-refractivity contribution in [2.75, 3.05) is 6.26 Å². The van der Waals surface area contributed by atoms with E-state index in [2.05, 4.69) is 5.32 Å². The van der Waals surface area contributed by atoms with E-state index in [0.717, 1.165) is 6.26 Å². The molecular weight excluding hydrogens is 426 g/mol. The first-order valence-electron chi connectivity index (χ1n) is 8.85. The lowest BCUT2D eigenvalue weighted by Gasteiger charge is -2.21. The molecule has 6 nitrogen and oxygen atoms in total. The van der Waals surface area contributed by atoms with E-state index in [-0.39, 0.29) is 16.0 Å². The molecule has 154 valence electrons. The highest BCUT2D eigenvalue weighted by atomic mass is 35.5. The second-order valence-corrected chi connectivity index (χ2v) is 9.14. The summed E-state index contributed by atoms with van der Waals surface area (Å²) >= 11 is 5.97. The summed E-state index contributed by atoms with van der Waals surface area (Å²) in [7, 11) is -3.43. The Morgan fingerprint density at radius 3 is 2.07 bits per heavy atom. The topological polar surface area (TPSA) is 101 Å². The molecule has 0 aliphatic rings. The van der Waals surface area contributed by atoms with Crippen molar-refractivity contribution < 1.29 is 23.1 Å². The van der Waals surface area contributed by atoms with Crippen LogP contribution in [0.25, 0.3) is 0 Å². The van der Waals surface area contributed by atoms with Crippen LogP contribution in [-0.2, 0) is 9.84 Å². The molecular formula is C22H18ClNO5S. The van der Waals surface area contributed by atoms with Gasteiger partial charge in [0.15, 0.2) is 9.84 Å². The first kappa shape index (κ1) is 21.5. The van der Waals surface area contributed by atoms with Gasteiger partial charge in [0.2, 0.25) is 0 Å². The number of aromatic carboxylic acids is 1. The summed E-state index contributed by atoms with van der Waals surface area (Å²) in [4.78, 5) is 24.0. The number of carbonyl (C=O) groups is 2. The van der Waals surface area contributed by atoms with E-state index >= 15 is 0 Å². The summed E-state index contributed by atoms with van der Waals surface area (Å²) in [5, 5.41) is 12.4. The summed E-state index contributed by atoms with van der Waals surface area (Å²) in [6.45, 7) is 0. The lowest BCUT2D eigenvalue weighted by molar-refractivity contribution is 0.0696. The van der Waals surface area contributed by atoms with Gasteiger partial charge in [-0.2, -0.15) is 0 Å². The molecule has 3 aromatic rings. The molecule has 0 aliphatic carbocycles. The second-order valence-electron chi connectivity index (χ2n) is 6.69. The van der Waals surface area contributed by atoms with Gasteiger partial charge in [0.1, 0.15) is 0 Å². The molecule has 30 heavy (non-hydrogen) atoms.